The molecule has 0 bridgehead atoms. The van der Waals surface area contributed by atoms with Gasteiger partial charge >= 0.3 is 0 Å². The van der Waals surface area contributed by atoms with Gasteiger partial charge in [0.25, 0.3) is 11.8 Å². The van der Waals surface area contributed by atoms with Crippen LogP contribution < -0.4 is 10.6 Å². The number of aromatic nitrogens is 1. The number of nitrogens with zero attached hydrogens (tertiary/aromatic N) is 1. The molecule has 1 heterocycles. The van der Waals surface area contributed by atoms with Crippen LogP contribution in [0.25, 0.3) is 16.3 Å². The molecular formula is C24H18ClN3O2S. The lowest BCUT2D eigenvalue weighted by atomic mass is 10.1. The van der Waals surface area contributed by atoms with E-state index in [4.69, 9.17) is 11.6 Å². The summed E-state index contributed by atoms with van der Waals surface area (Å²) in [4.78, 5) is 30.2. The molecule has 0 saturated heterocycles. The molecule has 0 spiro atoms. The van der Waals surface area contributed by atoms with E-state index in [1.807, 2.05) is 37.3 Å². The zero-order valence-electron chi connectivity index (χ0n) is 16.6. The third-order valence-electron chi connectivity index (χ3n) is 4.49. The number of benzene rings is 3. The molecule has 5 nitrogen and oxygen atoms in total. The van der Waals surface area contributed by atoms with E-state index in [9.17, 15) is 9.59 Å². The quantitative estimate of drug-likeness (QED) is 0.387. The summed E-state index contributed by atoms with van der Waals surface area (Å²) in [7, 11) is 0. The summed E-state index contributed by atoms with van der Waals surface area (Å²) in [6.45, 7) is 1.94. The molecule has 0 aliphatic carbocycles. The van der Waals surface area contributed by atoms with Gasteiger partial charge in [0.2, 0.25) is 0 Å². The molecule has 2 N–H and O–H groups in total. The number of hydrogen-bond donors (Lipinski definition) is 2. The number of nitrogens with one attached hydrogen (secondary N) is 2. The number of hydrogen-bond acceptors (Lipinski definition) is 4. The number of carbonyl (C=O) groups is 2. The summed E-state index contributed by atoms with van der Waals surface area (Å²) in [6.07, 6.45) is 1.56. The van der Waals surface area contributed by atoms with E-state index < -0.39 is 5.91 Å². The summed E-state index contributed by atoms with van der Waals surface area (Å²) in [5.74, 6) is -0.852. The Balaban J connectivity index is 1.64. The number of thiazole rings is 1. The highest BCUT2D eigenvalue weighted by atomic mass is 35.5. The van der Waals surface area contributed by atoms with Crippen molar-refractivity contribution in [3.05, 3.63) is 99.7 Å². The van der Waals surface area contributed by atoms with Crippen molar-refractivity contribution in [2.45, 2.75) is 6.92 Å². The van der Waals surface area contributed by atoms with E-state index in [2.05, 4.69) is 15.6 Å². The van der Waals surface area contributed by atoms with Gasteiger partial charge in [0.1, 0.15) is 5.70 Å². The van der Waals surface area contributed by atoms with Gasteiger partial charge in [-0.2, -0.15) is 0 Å². The number of anilines is 1. The summed E-state index contributed by atoms with van der Waals surface area (Å²) in [5.41, 5.74) is 2.54. The second-order valence-corrected chi connectivity index (χ2v) is 8.41. The third-order valence-corrected chi connectivity index (χ3v) is 5.78. The Hall–Kier alpha value is -3.48. The van der Waals surface area contributed by atoms with Crippen molar-refractivity contribution in [3.8, 4) is 0 Å². The van der Waals surface area contributed by atoms with Crippen molar-refractivity contribution in [1.82, 2.24) is 10.3 Å². The molecule has 0 saturated carbocycles. The Kier molecular flexibility index (Phi) is 6.11. The van der Waals surface area contributed by atoms with Crippen molar-refractivity contribution < 1.29 is 9.59 Å². The zero-order chi connectivity index (χ0) is 21.8. The summed E-state index contributed by atoms with van der Waals surface area (Å²) in [6, 6.07) is 21.3. The number of halogens is 1. The fourth-order valence-corrected chi connectivity index (χ4v) is 4.01. The van der Waals surface area contributed by atoms with Crippen LogP contribution >= 0.6 is 22.9 Å². The second kappa shape index (κ2) is 9.12. The number of carbonyl (C=O) groups excluding carboxylic acids is 2. The first-order chi connectivity index (χ1) is 15.0. The van der Waals surface area contributed by atoms with Gasteiger partial charge in [-0.25, -0.2) is 4.98 Å². The Morgan fingerprint density at radius 2 is 1.74 bits per heavy atom. The smallest absolute Gasteiger partial charge is 0.272 e. The van der Waals surface area contributed by atoms with Crippen LogP contribution in [0.2, 0.25) is 5.02 Å². The van der Waals surface area contributed by atoms with E-state index in [0.29, 0.717) is 21.8 Å². The molecule has 0 radical (unpaired) electrons. The Morgan fingerprint density at radius 3 is 2.52 bits per heavy atom. The topological polar surface area (TPSA) is 71.1 Å². The molecule has 4 aromatic rings. The second-order valence-electron chi connectivity index (χ2n) is 6.77. The van der Waals surface area contributed by atoms with Gasteiger partial charge in [0.15, 0.2) is 0 Å². The van der Waals surface area contributed by atoms with Crippen LogP contribution in [0.5, 0.6) is 0 Å². The van der Waals surface area contributed by atoms with Crippen molar-refractivity contribution >= 4 is 56.7 Å². The molecule has 154 valence electrons. The third kappa shape index (κ3) is 4.99. The zero-order valence-corrected chi connectivity index (χ0v) is 18.1. The monoisotopic (exact) mass is 447 g/mol. The minimum Gasteiger partial charge on any atom is -0.321 e. The minimum absolute atomic E-state index is 0.0801. The predicted molar refractivity (Wildman–Crippen MR) is 126 cm³/mol. The molecule has 0 aliphatic rings. The van der Waals surface area contributed by atoms with Crippen molar-refractivity contribution in [3.63, 3.8) is 0 Å². The first-order valence-electron chi connectivity index (χ1n) is 9.51. The van der Waals surface area contributed by atoms with Crippen LogP contribution in [-0.4, -0.2) is 16.8 Å². The van der Waals surface area contributed by atoms with Gasteiger partial charge < -0.3 is 10.6 Å². The average Bonchev–Trinajstić information content (AvgIpc) is 3.14. The van der Waals surface area contributed by atoms with Gasteiger partial charge in [0.05, 0.1) is 15.2 Å². The average molecular weight is 448 g/mol. The lowest BCUT2D eigenvalue weighted by molar-refractivity contribution is -0.113. The van der Waals surface area contributed by atoms with E-state index in [1.165, 1.54) is 0 Å². The largest absolute Gasteiger partial charge is 0.321 e. The molecule has 0 aliphatic heterocycles. The standard InChI is InChI=1S/C24H18ClN3O2S/c1-15-26-20-14-18(11-12-22(20)31-15)27-24(30)21(13-17-9-5-6-10-19(17)25)28-23(29)16-7-3-2-4-8-16/h2-14H,1H3,(H,27,30)(H,28,29)/b21-13+. The lowest BCUT2D eigenvalue weighted by Gasteiger charge is -2.12. The van der Waals surface area contributed by atoms with Crippen LogP contribution in [-0.2, 0) is 4.79 Å². The maximum atomic E-state index is 13.1. The molecule has 4 rings (SSSR count). The normalized spacial score (nSPS) is 11.4. The summed E-state index contributed by atoms with van der Waals surface area (Å²) < 4.78 is 1.04. The molecule has 0 unspecified atom stereocenters. The van der Waals surface area contributed by atoms with Crippen LogP contribution in [0.3, 0.4) is 0 Å². The maximum Gasteiger partial charge on any atom is 0.272 e. The number of aryl methyl sites for hydroxylation is 1. The van der Waals surface area contributed by atoms with Crippen LogP contribution in [0.1, 0.15) is 20.9 Å². The molecular weight excluding hydrogens is 430 g/mol. The van der Waals surface area contributed by atoms with Crippen LogP contribution in [0.15, 0.2) is 78.5 Å². The van der Waals surface area contributed by atoms with E-state index in [-0.39, 0.29) is 11.6 Å². The van der Waals surface area contributed by atoms with Gasteiger partial charge in [-0.15, -0.1) is 11.3 Å². The Labute approximate surface area is 188 Å². The van der Waals surface area contributed by atoms with Gasteiger partial charge in [-0.1, -0.05) is 48.0 Å². The van der Waals surface area contributed by atoms with Gasteiger partial charge in [-0.05, 0) is 55.0 Å². The van der Waals surface area contributed by atoms with Gasteiger partial charge in [-0.3, -0.25) is 9.59 Å². The molecule has 0 atom stereocenters. The van der Waals surface area contributed by atoms with Crippen molar-refractivity contribution in [2.24, 2.45) is 0 Å². The highest BCUT2D eigenvalue weighted by molar-refractivity contribution is 7.18. The summed E-state index contributed by atoms with van der Waals surface area (Å²) >= 11 is 7.85. The number of rotatable bonds is 5. The van der Waals surface area contributed by atoms with E-state index in [1.54, 1.807) is 59.9 Å². The lowest BCUT2D eigenvalue weighted by Crippen LogP contribution is -2.30. The number of amides is 2. The van der Waals surface area contributed by atoms with Crippen LogP contribution in [0, 0.1) is 6.92 Å². The fourth-order valence-electron chi connectivity index (χ4n) is 3.01. The van der Waals surface area contributed by atoms with Crippen molar-refractivity contribution in [1.29, 1.82) is 0 Å². The van der Waals surface area contributed by atoms with Crippen LogP contribution in [0.4, 0.5) is 5.69 Å². The Morgan fingerprint density at radius 1 is 1.00 bits per heavy atom. The molecule has 2 amide bonds. The molecule has 3 aromatic carbocycles. The minimum atomic E-state index is -0.462. The van der Waals surface area contributed by atoms with E-state index in [0.717, 1.165) is 15.2 Å². The SMILES string of the molecule is Cc1nc2cc(NC(=O)/C(=C\c3ccccc3Cl)NC(=O)c3ccccc3)ccc2s1. The predicted octanol–water partition coefficient (Wildman–Crippen LogP) is 5.67. The highest BCUT2D eigenvalue weighted by Gasteiger charge is 2.16. The fraction of sp³-hybridized carbons (Fsp3) is 0.0417. The first-order valence-corrected chi connectivity index (χ1v) is 10.7. The van der Waals surface area contributed by atoms with Gasteiger partial charge in [0, 0.05) is 16.3 Å². The van der Waals surface area contributed by atoms with E-state index >= 15 is 0 Å². The molecule has 1 aromatic heterocycles. The molecule has 31 heavy (non-hydrogen) atoms. The maximum absolute atomic E-state index is 13.1. The Bertz CT molecular complexity index is 1300. The molecule has 0 fully saturated rings. The highest BCUT2D eigenvalue weighted by Crippen LogP contribution is 2.25. The summed E-state index contributed by atoms with van der Waals surface area (Å²) in [5, 5.41) is 6.97. The number of fused-ring (bicyclic) bond motifs is 1. The molecule has 7 heteroatoms. The van der Waals surface area contributed by atoms with Crippen molar-refractivity contribution in [2.75, 3.05) is 5.32 Å². The first kappa shape index (κ1) is 20.8.